The van der Waals surface area contributed by atoms with Crippen molar-refractivity contribution in [3.05, 3.63) is 36.2 Å². The molecule has 0 unspecified atom stereocenters. The maximum atomic E-state index is 12.1. The molecule has 2 amide bonds. The number of aromatic nitrogens is 6. The SMILES string of the molecule is CCNC(=O)N1CCC(n2nnc3cnc4ccc(-c5cnc(N)c(C)c5)nc4c32)CC1. The first-order valence-corrected chi connectivity index (χ1v) is 10.8. The van der Waals surface area contributed by atoms with Gasteiger partial charge in [-0.3, -0.25) is 4.98 Å². The molecule has 0 bridgehead atoms. The van der Waals surface area contributed by atoms with Crippen molar-refractivity contribution < 1.29 is 4.79 Å². The number of aryl methyl sites for hydroxylation is 1. The van der Waals surface area contributed by atoms with E-state index in [1.165, 1.54) is 0 Å². The summed E-state index contributed by atoms with van der Waals surface area (Å²) in [6.07, 6.45) is 5.08. The molecule has 4 aromatic heterocycles. The van der Waals surface area contributed by atoms with Crippen LogP contribution in [0.4, 0.5) is 10.6 Å². The van der Waals surface area contributed by atoms with Crippen molar-refractivity contribution in [1.82, 2.24) is 40.2 Å². The Morgan fingerprint density at radius 2 is 2.00 bits per heavy atom. The number of hydrogen-bond donors (Lipinski definition) is 2. The van der Waals surface area contributed by atoms with Gasteiger partial charge in [-0.15, -0.1) is 5.10 Å². The highest BCUT2D eigenvalue weighted by atomic mass is 16.2. The fraction of sp³-hybridized carbons (Fsp3) is 0.364. The maximum absolute atomic E-state index is 12.1. The molecule has 0 saturated carbocycles. The van der Waals surface area contributed by atoms with Crippen molar-refractivity contribution >= 4 is 33.9 Å². The molecule has 4 aromatic rings. The molecular weight excluding hydrogens is 406 g/mol. The Balaban J connectivity index is 1.53. The zero-order chi connectivity index (χ0) is 22.2. The number of fused-ring (bicyclic) bond motifs is 3. The highest BCUT2D eigenvalue weighted by Crippen LogP contribution is 2.30. The number of amides is 2. The number of urea groups is 1. The molecule has 5 rings (SSSR count). The van der Waals surface area contributed by atoms with Crippen LogP contribution in [-0.4, -0.2) is 60.5 Å². The first-order valence-electron chi connectivity index (χ1n) is 10.8. The fourth-order valence-corrected chi connectivity index (χ4v) is 4.20. The number of nitrogens with one attached hydrogen (secondary N) is 1. The van der Waals surface area contributed by atoms with Crippen LogP contribution in [0.2, 0.25) is 0 Å². The minimum absolute atomic E-state index is 0.0113. The van der Waals surface area contributed by atoms with Gasteiger partial charge in [-0.1, -0.05) is 5.21 Å². The van der Waals surface area contributed by atoms with E-state index in [0.717, 1.165) is 46.2 Å². The summed E-state index contributed by atoms with van der Waals surface area (Å²) < 4.78 is 1.96. The Morgan fingerprint density at radius 3 is 2.75 bits per heavy atom. The van der Waals surface area contributed by atoms with Crippen LogP contribution >= 0.6 is 0 Å². The normalized spacial score (nSPS) is 14.9. The van der Waals surface area contributed by atoms with E-state index in [1.54, 1.807) is 12.4 Å². The molecule has 10 nitrogen and oxygen atoms in total. The van der Waals surface area contributed by atoms with Gasteiger partial charge in [-0.05, 0) is 50.5 Å². The van der Waals surface area contributed by atoms with Gasteiger partial charge in [0.25, 0.3) is 0 Å². The molecule has 1 fully saturated rings. The second-order valence-corrected chi connectivity index (χ2v) is 8.07. The van der Waals surface area contributed by atoms with Gasteiger partial charge >= 0.3 is 6.03 Å². The standard InChI is InChI=1S/C22H25N9O/c1-3-24-22(32)30-8-6-15(7-9-30)31-20-18(28-29-31)12-25-17-5-4-16(27-19(17)20)14-10-13(2)21(23)26-11-14/h4-5,10-12,15H,3,6-9H2,1-2H3,(H2,23,26)(H,24,32). The van der Waals surface area contributed by atoms with Crippen LogP contribution in [0.15, 0.2) is 30.6 Å². The van der Waals surface area contributed by atoms with Crippen molar-refractivity contribution in [3.63, 3.8) is 0 Å². The van der Waals surface area contributed by atoms with Gasteiger partial charge in [-0.25, -0.2) is 19.4 Å². The Hall–Kier alpha value is -3.82. The molecule has 5 heterocycles. The lowest BCUT2D eigenvalue weighted by molar-refractivity contribution is 0.170. The summed E-state index contributed by atoms with van der Waals surface area (Å²) in [7, 11) is 0. The number of anilines is 1. The molecular formula is C22H25N9O. The summed E-state index contributed by atoms with van der Waals surface area (Å²) in [5.41, 5.74) is 11.6. The summed E-state index contributed by atoms with van der Waals surface area (Å²) in [6, 6.07) is 6.01. The first-order chi connectivity index (χ1) is 15.5. The van der Waals surface area contributed by atoms with Crippen molar-refractivity contribution in [2.24, 2.45) is 0 Å². The minimum Gasteiger partial charge on any atom is -0.383 e. The van der Waals surface area contributed by atoms with Crippen molar-refractivity contribution in [2.75, 3.05) is 25.4 Å². The van der Waals surface area contributed by atoms with E-state index < -0.39 is 0 Å². The Bertz CT molecular complexity index is 1310. The van der Waals surface area contributed by atoms with E-state index in [-0.39, 0.29) is 12.1 Å². The summed E-state index contributed by atoms with van der Waals surface area (Å²) >= 11 is 0. The minimum atomic E-state index is -0.0113. The Kier molecular flexibility index (Phi) is 5.04. The summed E-state index contributed by atoms with van der Waals surface area (Å²) in [5.74, 6) is 0.514. The quantitative estimate of drug-likeness (QED) is 0.510. The molecule has 1 saturated heterocycles. The second kappa shape index (κ2) is 8.03. The lowest BCUT2D eigenvalue weighted by Gasteiger charge is -2.32. The molecule has 1 aliphatic heterocycles. The van der Waals surface area contributed by atoms with Crippen molar-refractivity contribution in [1.29, 1.82) is 0 Å². The summed E-state index contributed by atoms with van der Waals surface area (Å²) in [5, 5.41) is 11.7. The van der Waals surface area contributed by atoms with Gasteiger partial charge in [0.15, 0.2) is 0 Å². The molecule has 1 aliphatic rings. The number of nitrogens with two attached hydrogens (primary N) is 1. The van der Waals surface area contributed by atoms with Gasteiger partial charge in [0, 0.05) is 31.4 Å². The van der Waals surface area contributed by atoms with Gasteiger partial charge in [0.2, 0.25) is 0 Å². The third-order valence-electron chi connectivity index (χ3n) is 5.98. The van der Waals surface area contributed by atoms with Crippen LogP contribution in [0.1, 0.15) is 31.4 Å². The number of nitrogen functional groups attached to an aromatic ring is 1. The van der Waals surface area contributed by atoms with Crippen LogP contribution < -0.4 is 11.1 Å². The average molecular weight is 432 g/mol. The number of likely N-dealkylation sites (tertiary alicyclic amines) is 1. The monoisotopic (exact) mass is 431 g/mol. The number of pyridine rings is 3. The maximum Gasteiger partial charge on any atom is 0.317 e. The molecule has 32 heavy (non-hydrogen) atoms. The van der Waals surface area contributed by atoms with Gasteiger partial charge in [-0.2, -0.15) is 0 Å². The molecule has 0 aliphatic carbocycles. The molecule has 164 valence electrons. The van der Waals surface area contributed by atoms with Gasteiger partial charge < -0.3 is 16.0 Å². The molecule has 0 atom stereocenters. The lowest BCUT2D eigenvalue weighted by atomic mass is 10.1. The van der Waals surface area contributed by atoms with Gasteiger partial charge in [0.05, 0.1) is 23.4 Å². The summed E-state index contributed by atoms with van der Waals surface area (Å²) in [6.45, 7) is 5.83. The zero-order valence-electron chi connectivity index (χ0n) is 18.1. The molecule has 0 spiro atoms. The average Bonchev–Trinajstić information content (AvgIpc) is 3.25. The van der Waals surface area contributed by atoms with Crippen LogP contribution in [0, 0.1) is 6.92 Å². The second-order valence-electron chi connectivity index (χ2n) is 8.07. The predicted molar refractivity (Wildman–Crippen MR) is 122 cm³/mol. The van der Waals surface area contributed by atoms with Crippen LogP contribution in [0.3, 0.4) is 0 Å². The van der Waals surface area contributed by atoms with Gasteiger partial charge in [0.1, 0.15) is 22.4 Å². The van der Waals surface area contributed by atoms with E-state index >= 15 is 0 Å². The number of piperidine rings is 1. The topological polar surface area (TPSA) is 128 Å². The number of carbonyl (C=O) groups is 1. The van der Waals surface area contributed by atoms with E-state index in [2.05, 4.69) is 25.6 Å². The highest BCUT2D eigenvalue weighted by molar-refractivity contribution is 5.99. The third kappa shape index (κ3) is 3.47. The fourth-order valence-electron chi connectivity index (χ4n) is 4.20. The predicted octanol–water partition coefficient (Wildman–Crippen LogP) is 2.69. The van der Waals surface area contributed by atoms with Crippen LogP contribution in [0.25, 0.3) is 33.3 Å². The van der Waals surface area contributed by atoms with E-state index in [4.69, 9.17) is 10.7 Å². The largest absolute Gasteiger partial charge is 0.383 e. The van der Waals surface area contributed by atoms with Crippen LogP contribution in [0.5, 0.6) is 0 Å². The Morgan fingerprint density at radius 1 is 1.19 bits per heavy atom. The Labute approximate surface area is 184 Å². The van der Waals surface area contributed by atoms with Crippen molar-refractivity contribution in [3.8, 4) is 11.3 Å². The summed E-state index contributed by atoms with van der Waals surface area (Å²) in [4.78, 5) is 27.7. The van der Waals surface area contributed by atoms with E-state index in [9.17, 15) is 4.79 Å². The first kappa shape index (κ1) is 20.1. The van der Waals surface area contributed by atoms with Crippen molar-refractivity contribution in [2.45, 2.75) is 32.7 Å². The lowest BCUT2D eigenvalue weighted by Crippen LogP contribution is -2.44. The number of rotatable bonds is 3. The smallest absolute Gasteiger partial charge is 0.317 e. The van der Waals surface area contributed by atoms with E-state index in [1.807, 2.05) is 41.6 Å². The third-order valence-corrected chi connectivity index (χ3v) is 5.98. The molecule has 10 heteroatoms. The molecule has 3 N–H and O–H groups in total. The van der Waals surface area contributed by atoms with E-state index in [0.29, 0.717) is 31.0 Å². The van der Waals surface area contributed by atoms with Crippen LogP contribution in [-0.2, 0) is 0 Å². The highest BCUT2D eigenvalue weighted by Gasteiger charge is 2.26. The number of nitrogens with zero attached hydrogens (tertiary/aromatic N) is 7. The molecule has 0 aromatic carbocycles. The zero-order valence-corrected chi connectivity index (χ0v) is 18.1. The number of hydrogen-bond acceptors (Lipinski definition) is 7. The number of carbonyl (C=O) groups excluding carboxylic acids is 1. The molecule has 0 radical (unpaired) electrons.